The van der Waals surface area contributed by atoms with Gasteiger partial charge in [0.2, 0.25) is 10.0 Å². The molecule has 1 atom stereocenters. The molecule has 0 fully saturated rings. The van der Waals surface area contributed by atoms with Crippen molar-refractivity contribution in [2.24, 2.45) is 0 Å². The number of quaternary nitrogens is 1. The maximum absolute atomic E-state index is 13.9. The van der Waals surface area contributed by atoms with Crippen LogP contribution in [-0.4, -0.2) is 48.3 Å². The lowest BCUT2D eigenvalue weighted by molar-refractivity contribution is -0.353. The number of sulfonamides is 1. The van der Waals surface area contributed by atoms with Crippen molar-refractivity contribution in [1.82, 2.24) is 14.1 Å². The number of hydrogen-bond donors (Lipinski definition) is 2. The number of aliphatic hydroxyl groups is 1. The zero-order chi connectivity index (χ0) is 21.9. The molecule has 1 aromatic carbocycles. The lowest BCUT2D eigenvalue weighted by atomic mass is 10.0. The van der Waals surface area contributed by atoms with Crippen molar-refractivity contribution in [2.45, 2.75) is 37.8 Å². The molecule has 10 heteroatoms. The van der Waals surface area contributed by atoms with Crippen LogP contribution in [0.1, 0.15) is 35.5 Å². The van der Waals surface area contributed by atoms with Crippen molar-refractivity contribution in [3.63, 3.8) is 0 Å². The number of aliphatic hydroxyl groups excluding tert-OH is 1. The minimum Gasteiger partial charge on any atom is -0.387 e. The van der Waals surface area contributed by atoms with E-state index in [1.807, 2.05) is 0 Å². The standard InChI is InChI=1S/C19H26ClFN4O3S/c1-12-16(19(13(2)26)23-25(12)11-15(21)7-8-22)9-14-5-6-18(17(20)10-14)29(27,28)24(3)4/h5-7,10,13,26H,8-9,11,22H2,1-4H3/p+1. The molecule has 0 radical (unpaired) electrons. The largest absolute Gasteiger partial charge is 0.387 e. The monoisotopic (exact) mass is 445 g/mol. The average molecular weight is 446 g/mol. The highest BCUT2D eigenvalue weighted by Crippen LogP contribution is 2.28. The van der Waals surface area contributed by atoms with E-state index in [0.29, 0.717) is 18.7 Å². The summed E-state index contributed by atoms with van der Waals surface area (Å²) in [5, 5.41) is 14.6. The topological polar surface area (TPSA) is 103 Å². The Morgan fingerprint density at radius 1 is 1.45 bits per heavy atom. The number of nitrogens with zero attached hydrogens (tertiary/aromatic N) is 3. The zero-order valence-corrected chi connectivity index (χ0v) is 18.6. The minimum atomic E-state index is -3.65. The van der Waals surface area contributed by atoms with Crippen LogP contribution >= 0.6 is 11.6 Å². The third kappa shape index (κ3) is 5.23. The van der Waals surface area contributed by atoms with Crippen LogP contribution in [-0.2, 0) is 23.0 Å². The molecule has 29 heavy (non-hydrogen) atoms. The molecule has 0 aliphatic heterocycles. The molecule has 0 aliphatic rings. The predicted molar refractivity (Wildman–Crippen MR) is 110 cm³/mol. The van der Waals surface area contributed by atoms with E-state index in [9.17, 15) is 17.9 Å². The highest BCUT2D eigenvalue weighted by Gasteiger charge is 2.23. The van der Waals surface area contributed by atoms with E-state index in [0.717, 1.165) is 21.1 Å². The molecule has 1 aromatic heterocycles. The van der Waals surface area contributed by atoms with Gasteiger partial charge >= 0.3 is 0 Å². The van der Waals surface area contributed by atoms with Crippen molar-refractivity contribution < 1.29 is 23.6 Å². The Hall–Kier alpha value is -1.78. The summed E-state index contributed by atoms with van der Waals surface area (Å²) in [5.41, 5.74) is 6.27. The van der Waals surface area contributed by atoms with Crippen LogP contribution in [0.2, 0.25) is 5.02 Å². The van der Waals surface area contributed by atoms with Gasteiger partial charge in [-0.1, -0.05) is 17.7 Å². The molecular weight excluding hydrogens is 419 g/mol. The van der Waals surface area contributed by atoms with E-state index < -0.39 is 16.1 Å². The van der Waals surface area contributed by atoms with Crippen molar-refractivity contribution in [3.8, 4) is 0 Å². The van der Waals surface area contributed by atoms with Crippen LogP contribution in [0.25, 0.3) is 0 Å². The Bertz CT molecular complexity index is 1020. The first-order valence-corrected chi connectivity index (χ1v) is 10.9. The van der Waals surface area contributed by atoms with Gasteiger partial charge in [0, 0.05) is 37.8 Å². The molecule has 2 aromatic rings. The van der Waals surface area contributed by atoms with Gasteiger partial charge in [0.15, 0.2) is 0 Å². The molecule has 0 bridgehead atoms. The fraction of sp³-hybridized carbons (Fsp3) is 0.421. The molecule has 1 heterocycles. The van der Waals surface area contributed by atoms with Crippen molar-refractivity contribution in [3.05, 3.63) is 57.6 Å². The van der Waals surface area contributed by atoms with Crippen molar-refractivity contribution in [2.75, 3.05) is 20.6 Å². The van der Waals surface area contributed by atoms with E-state index in [2.05, 4.69) is 10.8 Å². The van der Waals surface area contributed by atoms with Crippen LogP contribution in [0.15, 0.2) is 35.0 Å². The lowest BCUT2D eigenvalue weighted by Crippen LogP contribution is -2.49. The third-order valence-corrected chi connectivity index (χ3v) is 6.86. The molecule has 1 unspecified atom stereocenters. The maximum atomic E-state index is 13.9. The first-order valence-electron chi connectivity index (χ1n) is 9.08. The lowest BCUT2D eigenvalue weighted by Gasteiger charge is -2.14. The van der Waals surface area contributed by atoms with Crippen LogP contribution in [0.5, 0.6) is 0 Å². The van der Waals surface area contributed by atoms with Gasteiger partial charge in [-0.2, -0.15) is 5.10 Å². The Morgan fingerprint density at radius 3 is 2.62 bits per heavy atom. The maximum Gasteiger partial charge on any atom is 0.244 e. The van der Waals surface area contributed by atoms with Gasteiger partial charge in [0.05, 0.1) is 29.9 Å². The average Bonchev–Trinajstić information content (AvgIpc) is 2.91. The molecule has 0 amide bonds. The highest BCUT2D eigenvalue weighted by atomic mass is 35.5. The molecule has 0 spiro atoms. The number of aromatic nitrogens is 2. The van der Waals surface area contributed by atoms with E-state index in [1.165, 1.54) is 30.9 Å². The first-order chi connectivity index (χ1) is 13.5. The fourth-order valence-corrected chi connectivity index (χ4v) is 4.38. The summed E-state index contributed by atoms with van der Waals surface area (Å²) in [5.74, 6) is -0.351. The number of allylic oxidation sites excluding steroid dienone is 1. The molecule has 0 saturated heterocycles. The quantitative estimate of drug-likeness (QED) is 0.647. The Morgan fingerprint density at radius 2 is 2.10 bits per heavy atom. The number of rotatable bonds is 8. The minimum absolute atomic E-state index is 0.0245. The van der Waals surface area contributed by atoms with Crippen molar-refractivity contribution in [1.29, 1.82) is 0 Å². The van der Waals surface area contributed by atoms with E-state index in [1.54, 1.807) is 26.0 Å². The Balaban J connectivity index is 2.42. The molecular formula is C19H27ClFN4O3S+. The molecule has 0 saturated carbocycles. The van der Waals surface area contributed by atoms with Gasteiger partial charge in [-0.15, -0.1) is 0 Å². The predicted octanol–water partition coefficient (Wildman–Crippen LogP) is 1.83. The summed E-state index contributed by atoms with van der Waals surface area (Å²) < 4.78 is 41.2. The van der Waals surface area contributed by atoms with Crippen molar-refractivity contribution >= 4 is 21.6 Å². The van der Waals surface area contributed by atoms with Crippen LogP contribution in [0.4, 0.5) is 4.39 Å². The molecule has 7 nitrogen and oxygen atoms in total. The van der Waals surface area contributed by atoms with Gasteiger partial charge in [0.1, 0.15) is 10.7 Å². The molecule has 4 N–H and O–H groups in total. The normalized spacial score (nSPS) is 13.9. The zero-order valence-electron chi connectivity index (χ0n) is 17.0. The summed E-state index contributed by atoms with van der Waals surface area (Å²) >= 11 is 6.24. The highest BCUT2D eigenvalue weighted by molar-refractivity contribution is 7.89. The van der Waals surface area contributed by atoms with Gasteiger partial charge in [-0.25, -0.2) is 17.1 Å². The summed E-state index contributed by atoms with van der Waals surface area (Å²) in [6.07, 6.45) is 0.912. The van der Waals surface area contributed by atoms with Gasteiger partial charge in [0.25, 0.3) is 0 Å². The second kappa shape index (κ2) is 9.36. The van der Waals surface area contributed by atoms with E-state index >= 15 is 0 Å². The van der Waals surface area contributed by atoms with Crippen LogP contribution < -0.4 is 5.73 Å². The summed E-state index contributed by atoms with van der Waals surface area (Å²) in [6.45, 7) is 3.69. The SMILES string of the molecule is Cc1c(Cc2ccc(S(=O)(=O)N(C)C)c(Cl)c2)c(C(C)O)nn1CC(F)=CC[NH3+]. The smallest absolute Gasteiger partial charge is 0.244 e. The molecule has 0 aliphatic carbocycles. The van der Waals surface area contributed by atoms with Gasteiger partial charge < -0.3 is 10.8 Å². The fourth-order valence-electron chi connectivity index (χ4n) is 2.94. The Kier molecular flexibility index (Phi) is 7.58. The summed E-state index contributed by atoms with van der Waals surface area (Å²) in [6, 6.07) is 4.73. The van der Waals surface area contributed by atoms with Crippen LogP contribution in [0.3, 0.4) is 0 Å². The number of halogens is 2. The Labute approximate surface area is 175 Å². The third-order valence-electron chi connectivity index (χ3n) is 4.56. The van der Waals surface area contributed by atoms with Crippen LogP contribution in [0, 0.1) is 6.92 Å². The first kappa shape index (κ1) is 23.5. The second-order valence-corrected chi connectivity index (χ2v) is 9.48. The number of benzene rings is 1. The van der Waals surface area contributed by atoms with E-state index in [-0.39, 0.29) is 22.3 Å². The molecule has 2 rings (SSSR count). The van der Waals surface area contributed by atoms with E-state index in [4.69, 9.17) is 11.6 Å². The number of hydrogen-bond acceptors (Lipinski definition) is 4. The second-order valence-electron chi connectivity index (χ2n) is 6.95. The van der Waals surface area contributed by atoms with Gasteiger partial charge in [-0.05, 0) is 31.5 Å². The van der Waals surface area contributed by atoms with Gasteiger partial charge in [-0.3, -0.25) is 4.68 Å². The molecule has 160 valence electrons. The summed E-state index contributed by atoms with van der Waals surface area (Å²) in [7, 11) is -0.772. The summed E-state index contributed by atoms with van der Waals surface area (Å²) in [4.78, 5) is 0.0245.